The Hall–Kier alpha value is -9.88. The summed E-state index contributed by atoms with van der Waals surface area (Å²) in [6, 6.07) is 36.5. The lowest BCUT2D eigenvalue weighted by Gasteiger charge is -2.21. The molecule has 12 rings (SSSR count). The van der Waals surface area contributed by atoms with Crippen molar-refractivity contribution in [3.8, 4) is 35.1 Å². The smallest absolute Gasteiger partial charge is 0.264 e. The summed E-state index contributed by atoms with van der Waals surface area (Å²) in [6.07, 6.45) is 7.66. The molecule has 0 spiro atoms. The van der Waals surface area contributed by atoms with Crippen molar-refractivity contribution in [2.45, 2.75) is 60.5 Å². The fourth-order valence-electron chi connectivity index (χ4n) is 9.80. The van der Waals surface area contributed by atoms with E-state index in [2.05, 4.69) is 64.7 Å². The maximum atomic E-state index is 14.2. The van der Waals surface area contributed by atoms with Crippen LogP contribution in [0.4, 0.5) is 0 Å². The van der Waals surface area contributed by atoms with Crippen molar-refractivity contribution in [2.24, 2.45) is 5.92 Å². The summed E-state index contributed by atoms with van der Waals surface area (Å²) >= 11 is 1.40. The number of benzene rings is 4. The second-order valence-electron chi connectivity index (χ2n) is 18.9. The Kier molecular flexibility index (Phi) is 15.4. The van der Waals surface area contributed by atoms with Gasteiger partial charge in [0, 0.05) is 71.2 Å². The van der Waals surface area contributed by atoms with Gasteiger partial charge in [0.2, 0.25) is 0 Å². The molecule has 1 saturated heterocycles. The van der Waals surface area contributed by atoms with Crippen LogP contribution in [0.1, 0.15) is 104 Å². The standard InChI is InChI=1S/C31H27N5O3.C30H23N7O2S.CH4/c1-20(33-30(37)27-21(2)34-35-16-7-15-32-29(27)35)26-18-24-9-6-8-23(13-12-22-14-17-39-19-22)28(24)31(38)36(26)25-10-4-3-5-11-25;1-18(32-29(38)26-19(2)35-36-16-8-15-31-28(26)36)24-17-22-10-7-9-21(13-14-25-34-33-20(3)40-25)27(22)30(39)37(24)23-11-5-4-6-12-23;/h3-11,15-16,18,20,22H,14,17,19H2,1-2H3,(H,33,37);4-12,15-18H,1-3H3,(H,32,38);1H4/t20-,22?;18-;/m00./s1. The second kappa shape index (κ2) is 23.0. The zero-order valence-electron chi connectivity index (χ0n) is 43.6. The van der Waals surface area contributed by atoms with Crippen molar-refractivity contribution < 1.29 is 14.3 Å². The molecule has 398 valence electrons. The number of amides is 2. The van der Waals surface area contributed by atoms with Crippen LogP contribution in [0.15, 0.2) is 156 Å². The fraction of sp³-hybridized carbons (Fsp3) is 0.194. The van der Waals surface area contributed by atoms with Crippen molar-refractivity contribution in [1.29, 1.82) is 0 Å². The summed E-state index contributed by atoms with van der Waals surface area (Å²) in [7, 11) is 0. The summed E-state index contributed by atoms with van der Waals surface area (Å²) in [5.74, 6) is 12.2. The van der Waals surface area contributed by atoms with Crippen molar-refractivity contribution in [1.82, 2.24) is 59.2 Å². The van der Waals surface area contributed by atoms with Crippen LogP contribution in [0.2, 0.25) is 0 Å². The maximum Gasteiger partial charge on any atom is 0.264 e. The molecule has 1 fully saturated rings. The Morgan fingerprint density at radius 1 is 0.637 bits per heavy atom. The zero-order valence-corrected chi connectivity index (χ0v) is 44.4. The van der Waals surface area contributed by atoms with Gasteiger partial charge < -0.3 is 15.4 Å². The Bertz CT molecular complexity index is 4420. The molecule has 18 heteroatoms. The van der Waals surface area contributed by atoms with Gasteiger partial charge >= 0.3 is 0 Å². The van der Waals surface area contributed by atoms with E-state index < -0.39 is 12.1 Å². The average Bonchev–Trinajstić information content (AvgIpc) is 4.34. The van der Waals surface area contributed by atoms with E-state index in [1.54, 1.807) is 68.9 Å². The quantitative estimate of drug-likeness (QED) is 0.138. The van der Waals surface area contributed by atoms with Gasteiger partial charge in [-0.1, -0.05) is 97.2 Å². The van der Waals surface area contributed by atoms with Crippen molar-refractivity contribution in [2.75, 3.05) is 13.2 Å². The summed E-state index contributed by atoms with van der Waals surface area (Å²) in [4.78, 5) is 63.9. The van der Waals surface area contributed by atoms with Gasteiger partial charge in [0.05, 0.1) is 40.9 Å². The summed E-state index contributed by atoms with van der Waals surface area (Å²) < 4.78 is 11.9. The number of aryl methyl sites for hydroxylation is 3. The van der Waals surface area contributed by atoms with Gasteiger partial charge in [-0.2, -0.15) is 10.2 Å². The van der Waals surface area contributed by atoms with Crippen LogP contribution in [0.3, 0.4) is 0 Å². The molecule has 0 bridgehead atoms. The lowest BCUT2D eigenvalue weighted by atomic mass is 10.0. The molecule has 2 N–H and O–H groups in total. The third kappa shape index (κ3) is 10.6. The molecule has 1 aliphatic rings. The van der Waals surface area contributed by atoms with E-state index in [9.17, 15) is 19.2 Å². The number of carbonyl (C=O) groups excluding carboxylic acids is 2. The van der Waals surface area contributed by atoms with Gasteiger partial charge in [-0.05, 0) is 118 Å². The number of pyridine rings is 2. The minimum absolute atomic E-state index is 0. The van der Waals surface area contributed by atoms with Crippen molar-refractivity contribution in [3.63, 3.8) is 0 Å². The van der Waals surface area contributed by atoms with Gasteiger partial charge in [-0.25, -0.2) is 19.0 Å². The van der Waals surface area contributed by atoms with Gasteiger partial charge in [0.25, 0.3) is 22.9 Å². The predicted octanol–water partition coefficient (Wildman–Crippen LogP) is 9.25. The number of carbonyl (C=O) groups is 2. The average molecular weight is 1080 g/mol. The first-order valence-electron chi connectivity index (χ1n) is 25.5. The zero-order chi connectivity index (χ0) is 54.7. The number of hydrogen-bond acceptors (Lipinski definition) is 12. The predicted molar refractivity (Wildman–Crippen MR) is 309 cm³/mol. The molecule has 8 heterocycles. The van der Waals surface area contributed by atoms with Crippen LogP contribution in [-0.4, -0.2) is 73.6 Å². The van der Waals surface area contributed by atoms with E-state index in [1.165, 1.54) is 11.3 Å². The van der Waals surface area contributed by atoms with Crippen molar-refractivity contribution in [3.05, 3.63) is 222 Å². The molecule has 80 heavy (non-hydrogen) atoms. The fourth-order valence-corrected chi connectivity index (χ4v) is 10.3. The minimum atomic E-state index is -0.526. The van der Waals surface area contributed by atoms with E-state index in [4.69, 9.17) is 4.74 Å². The number of fused-ring (bicyclic) bond motifs is 4. The highest BCUT2D eigenvalue weighted by atomic mass is 32.1. The minimum Gasteiger partial charge on any atom is -0.380 e. The first-order chi connectivity index (χ1) is 38.4. The molecule has 17 nitrogen and oxygen atoms in total. The van der Waals surface area contributed by atoms with E-state index in [1.807, 2.05) is 130 Å². The maximum absolute atomic E-state index is 14.2. The molecule has 0 radical (unpaired) electrons. The van der Waals surface area contributed by atoms with Crippen LogP contribution in [-0.2, 0) is 4.74 Å². The number of aromatic nitrogens is 10. The SMILES string of the molecule is C.Cc1nn2cccnc2c1C(=O)N[C@@H](C)c1cc2cccc(C#CC3CCOC3)c2c(=O)n1-c1ccccc1.Cc1nnc(C#Cc2cccc3cc([C@H](C)NC(=O)c4c(C)nn5cccnc45)n(-c4ccccc4)c(=O)c23)s1. The Labute approximate surface area is 464 Å². The lowest BCUT2D eigenvalue weighted by molar-refractivity contribution is 0.0931. The molecule has 4 aromatic carbocycles. The number of para-hydroxylation sites is 2. The molecular weight excluding hydrogens is 1020 g/mol. The summed E-state index contributed by atoms with van der Waals surface area (Å²) in [6.45, 7) is 10.5. The molecule has 0 aliphatic carbocycles. The van der Waals surface area contributed by atoms with E-state index in [0.29, 0.717) is 96.7 Å². The van der Waals surface area contributed by atoms with Gasteiger partial charge in [0.1, 0.15) is 16.1 Å². The molecule has 2 amide bonds. The van der Waals surface area contributed by atoms with Crippen LogP contribution in [0.25, 0.3) is 44.2 Å². The van der Waals surface area contributed by atoms with Gasteiger partial charge in [0.15, 0.2) is 16.3 Å². The number of nitrogens with one attached hydrogen (secondary N) is 2. The number of hydrogen-bond donors (Lipinski definition) is 2. The number of ether oxygens (including phenoxy) is 1. The molecule has 7 aromatic heterocycles. The third-order valence-electron chi connectivity index (χ3n) is 13.5. The number of nitrogens with zero attached hydrogens (tertiary/aromatic N) is 10. The van der Waals surface area contributed by atoms with Crippen molar-refractivity contribution >= 4 is 56.0 Å². The highest BCUT2D eigenvalue weighted by molar-refractivity contribution is 7.11. The lowest BCUT2D eigenvalue weighted by Crippen LogP contribution is -2.32. The van der Waals surface area contributed by atoms with Gasteiger partial charge in [-0.15, -0.1) is 10.2 Å². The molecule has 3 atom stereocenters. The largest absolute Gasteiger partial charge is 0.380 e. The molecule has 1 unspecified atom stereocenters. The Morgan fingerprint density at radius 2 is 1.14 bits per heavy atom. The van der Waals surface area contributed by atoms with E-state index in [0.717, 1.165) is 22.2 Å². The molecular formula is C62H54N12O5S. The summed E-state index contributed by atoms with van der Waals surface area (Å²) in [5.41, 5.74) is 6.44. The van der Waals surface area contributed by atoms with Crippen LogP contribution >= 0.6 is 11.3 Å². The summed E-state index contributed by atoms with van der Waals surface area (Å²) in [5, 5.41) is 27.0. The second-order valence-corrected chi connectivity index (χ2v) is 20.1. The molecule has 0 saturated carbocycles. The third-order valence-corrected chi connectivity index (χ3v) is 14.3. The molecule has 11 aromatic rings. The van der Waals surface area contributed by atoms with E-state index >= 15 is 0 Å². The van der Waals surface area contributed by atoms with Crippen LogP contribution in [0.5, 0.6) is 0 Å². The van der Waals surface area contributed by atoms with Gasteiger partial charge in [-0.3, -0.25) is 28.3 Å². The molecule has 1 aliphatic heterocycles. The van der Waals surface area contributed by atoms with Crippen LogP contribution in [0, 0.1) is 50.4 Å². The first-order valence-corrected chi connectivity index (χ1v) is 26.3. The Balaban J connectivity index is 0.000000178. The monoisotopic (exact) mass is 1080 g/mol. The van der Waals surface area contributed by atoms with E-state index in [-0.39, 0.29) is 36.3 Å². The van der Waals surface area contributed by atoms with Crippen LogP contribution < -0.4 is 21.8 Å². The first kappa shape index (κ1) is 53.5. The Morgan fingerprint density at radius 3 is 1.60 bits per heavy atom. The highest BCUT2D eigenvalue weighted by Crippen LogP contribution is 2.27. The topological polar surface area (TPSA) is 198 Å². The normalized spacial score (nSPS) is 13.5. The number of rotatable bonds is 8. The highest BCUT2D eigenvalue weighted by Gasteiger charge is 2.26.